The lowest BCUT2D eigenvalue weighted by molar-refractivity contribution is 0.0690. The van der Waals surface area contributed by atoms with Crippen molar-refractivity contribution < 1.29 is 9.90 Å². The largest absolute Gasteiger partial charge is 0.477 e. The zero-order chi connectivity index (χ0) is 13.6. The molecule has 0 amide bonds. The van der Waals surface area contributed by atoms with Crippen LogP contribution in [0.15, 0.2) is 24.3 Å². The molecule has 0 aliphatic heterocycles. The van der Waals surface area contributed by atoms with Crippen molar-refractivity contribution >= 4 is 28.5 Å². The standard InChI is InChI=1S/C12H9ClN4O2/c1-17-10-3-2-6(4-7(10)11(13)16-17)8-5-9(12(18)19)15-14-8/h2-5H,1H3,(H,14,15)(H,18,19). The smallest absolute Gasteiger partial charge is 0.353 e. The zero-order valence-electron chi connectivity index (χ0n) is 9.88. The van der Waals surface area contributed by atoms with E-state index in [1.807, 2.05) is 25.2 Å². The van der Waals surface area contributed by atoms with E-state index in [0.717, 1.165) is 16.5 Å². The van der Waals surface area contributed by atoms with E-state index in [4.69, 9.17) is 16.7 Å². The first-order valence-corrected chi connectivity index (χ1v) is 5.85. The quantitative estimate of drug-likeness (QED) is 0.752. The monoisotopic (exact) mass is 276 g/mol. The SMILES string of the molecule is Cn1nc(Cl)c2cc(-c3cc(C(=O)O)[nH]n3)ccc21. The van der Waals surface area contributed by atoms with Crippen molar-refractivity contribution in [3.63, 3.8) is 0 Å². The zero-order valence-corrected chi connectivity index (χ0v) is 10.6. The summed E-state index contributed by atoms with van der Waals surface area (Å²) in [6.07, 6.45) is 0. The number of fused-ring (bicyclic) bond motifs is 1. The number of hydrogen-bond acceptors (Lipinski definition) is 3. The Bertz CT molecular complexity index is 790. The van der Waals surface area contributed by atoms with Crippen LogP contribution in [-0.2, 0) is 7.05 Å². The van der Waals surface area contributed by atoms with Gasteiger partial charge in [0.2, 0.25) is 0 Å². The molecule has 2 aromatic heterocycles. The van der Waals surface area contributed by atoms with Crippen LogP contribution in [0.2, 0.25) is 5.15 Å². The molecule has 6 nitrogen and oxygen atoms in total. The third-order valence-corrected chi connectivity index (χ3v) is 3.19. The fourth-order valence-corrected chi connectivity index (χ4v) is 2.23. The van der Waals surface area contributed by atoms with Crippen LogP contribution in [0.25, 0.3) is 22.2 Å². The van der Waals surface area contributed by atoms with Gasteiger partial charge in [0.05, 0.1) is 11.2 Å². The van der Waals surface area contributed by atoms with Gasteiger partial charge in [-0.15, -0.1) is 0 Å². The maximum atomic E-state index is 10.8. The molecular weight excluding hydrogens is 268 g/mol. The van der Waals surface area contributed by atoms with Gasteiger partial charge >= 0.3 is 5.97 Å². The second-order valence-corrected chi connectivity index (χ2v) is 4.48. The van der Waals surface area contributed by atoms with Gasteiger partial charge in [-0.05, 0) is 18.2 Å². The van der Waals surface area contributed by atoms with Crippen molar-refractivity contribution in [1.82, 2.24) is 20.0 Å². The molecule has 0 fully saturated rings. The number of carboxylic acid groups (broad SMARTS) is 1. The highest BCUT2D eigenvalue weighted by atomic mass is 35.5. The van der Waals surface area contributed by atoms with Crippen LogP contribution >= 0.6 is 11.6 Å². The number of aromatic carboxylic acids is 1. The van der Waals surface area contributed by atoms with E-state index < -0.39 is 5.97 Å². The van der Waals surface area contributed by atoms with E-state index in [2.05, 4.69) is 15.3 Å². The predicted molar refractivity (Wildman–Crippen MR) is 70.3 cm³/mol. The molecule has 3 aromatic rings. The summed E-state index contributed by atoms with van der Waals surface area (Å²) in [5.74, 6) is -1.04. The number of nitrogens with one attached hydrogen (secondary N) is 1. The molecule has 0 spiro atoms. The van der Waals surface area contributed by atoms with Crippen molar-refractivity contribution in [2.75, 3.05) is 0 Å². The summed E-state index contributed by atoms with van der Waals surface area (Å²) in [6.45, 7) is 0. The highest BCUT2D eigenvalue weighted by Gasteiger charge is 2.12. The number of nitrogens with zero attached hydrogens (tertiary/aromatic N) is 3. The first-order chi connectivity index (χ1) is 9.06. The van der Waals surface area contributed by atoms with E-state index >= 15 is 0 Å². The van der Waals surface area contributed by atoms with Crippen LogP contribution in [0.4, 0.5) is 0 Å². The van der Waals surface area contributed by atoms with Gasteiger partial charge in [0.15, 0.2) is 5.15 Å². The van der Waals surface area contributed by atoms with Gasteiger partial charge in [0.1, 0.15) is 5.69 Å². The maximum absolute atomic E-state index is 10.8. The summed E-state index contributed by atoms with van der Waals surface area (Å²) in [7, 11) is 1.81. The number of rotatable bonds is 2. The lowest BCUT2D eigenvalue weighted by atomic mass is 10.1. The van der Waals surface area contributed by atoms with Crippen molar-refractivity contribution in [1.29, 1.82) is 0 Å². The minimum atomic E-state index is -1.04. The average molecular weight is 277 g/mol. The first-order valence-electron chi connectivity index (χ1n) is 5.47. The Labute approximate surface area is 112 Å². The third-order valence-electron chi connectivity index (χ3n) is 2.91. The summed E-state index contributed by atoms with van der Waals surface area (Å²) >= 11 is 6.04. The van der Waals surface area contributed by atoms with Gasteiger partial charge in [0.25, 0.3) is 0 Å². The van der Waals surface area contributed by atoms with Gasteiger partial charge < -0.3 is 5.11 Å². The summed E-state index contributed by atoms with van der Waals surface area (Å²) in [5.41, 5.74) is 2.29. The lowest BCUT2D eigenvalue weighted by Crippen LogP contribution is -1.95. The van der Waals surface area contributed by atoms with E-state index in [0.29, 0.717) is 10.8 Å². The minimum absolute atomic E-state index is 0.0485. The molecule has 0 aliphatic rings. The van der Waals surface area contributed by atoms with Crippen LogP contribution in [0.3, 0.4) is 0 Å². The molecule has 0 bridgehead atoms. The van der Waals surface area contributed by atoms with Gasteiger partial charge in [0, 0.05) is 18.0 Å². The lowest BCUT2D eigenvalue weighted by Gasteiger charge is -1.97. The van der Waals surface area contributed by atoms with Gasteiger partial charge in [-0.1, -0.05) is 17.7 Å². The molecule has 0 saturated heterocycles. The average Bonchev–Trinajstić information content (AvgIpc) is 2.96. The van der Waals surface area contributed by atoms with Crippen molar-refractivity contribution in [2.45, 2.75) is 0 Å². The molecular formula is C12H9ClN4O2. The molecule has 2 N–H and O–H groups in total. The number of benzene rings is 1. The Hall–Kier alpha value is -2.34. The van der Waals surface area contributed by atoms with Gasteiger partial charge in [-0.25, -0.2) is 4.79 Å². The Morgan fingerprint density at radius 3 is 2.89 bits per heavy atom. The third kappa shape index (κ3) is 1.86. The Kier molecular flexibility index (Phi) is 2.53. The van der Waals surface area contributed by atoms with E-state index in [-0.39, 0.29) is 5.69 Å². The van der Waals surface area contributed by atoms with Crippen LogP contribution < -0.4 is 0 Å². The number of hydrogen-bond donors (Lipinski definition) is 2. The Balaban J connectivity index is 2.14. The highest BCUT2D eigenvalue weighted by molar-refractivity contribution is 6.34. The molecule has 7 heteroatoms. The molecule has 0 atom stereocenters. The fraction of sp³-hybridized carbons (Fsp3) is 0.0833. The van der Waals surface area contributed by atoms with Crippen LogP contribution in [0.5, 0.6) is 0 Å². The predicted octanol–water partition coefficient (Wildman–Crippen LogP) is 2.32. The van der Waals surface area contributed by atoms with E-state index in [1.165, 1.54) is 6.07 Å². The topological polar surface area (TPSA) is 83.8 Å². The number of halogens is 1. The van der Waals surface area contributed by atoms with E-state index in [9.17, 15) is 4.79 Å². The fourth-order valence-electron chi connectivity index (χ4n) is 1.96. The molecule has 0 radical (unpaired) electrons. The normalized spacial score (nSPS) is 11.1. The number of aryl methyl sites for hydroxylation is 1. The molecule has 0 unspecified atom stereocenters. The minimum Gasteiger partial charge on any atom is -0.477 e. The summed E-state index contributed by atoms with van der Waals surface area (Å²) < 4.78 is 1.69. The van der Waals surface area contributed by atoms with E-state index in [1.54, 1.807) is 4.68 Å². The van der Waals surface area contributed by atoms with Crippen LogP contribution in [-0.4, -0.2) is 31.1 Å². The molecule has 1 aromatic carbocycles. The maximum Gasteiger partial charge on any atom is 0.353 e. The van der Waals surface area contributed by atoms with Crippen molar-refractivity contribution in [3.8, 4) is 11.3 Å². The van der Waals surface area contributed by atoms with Gasteiger partial charge in [-0.3, -0.25) is 9.78 Å². The number of carbonyl (C=O) groups is 1. The number of H-pyrrole nitrogens is 1. The summed E-state index contributed by atoms with van der Waals surface area (Å²) in [5, 5.41) is 20.6. The molecule has 96 valence electrons. The van der Waals surface area contributed by atoms with Gasteiger partial charge in [-0.2, -0.15) is 10.2 Å². The highest BCUT2D eigenvalue weighted by Crippen LogP contribution is 2.27. The number of aromatic amines is 1. The van der Waals surface area contributed by atoms with Crippen LogP contribution in [0, 0.1) is 0 Å². The summed E-state index contributed by atoms with van der Waals surface area (Å²) in [4.78, 5) is 10.8. The first kappa shape index (κ1) is 11.7. The van der Waals surface area contributed by atoms with Crippen molar-refractivity contribution in [3.05, 3.63) is 35.1 Å². The van der Waals surface area contributed by atoms with Crippen molar-refractivity contribution in [2.24, 2.45) is 7.05 Å². The Morgan fingerprint density at radius 2 is 2.21 bits per heavy atom. The molecule has 19 heavy (non-hydrogen) atoms. The second kappa shape index (κ2) is 4.10. The number of aromatic nitrogens is 4. The molecule has 0 aliphatic carbocycles. The molecule has 3 rings (SSSR count). The summed E-state index contributed by atoms with van der Waals surface area (Å²) in [6, 6.07) is 7.04. The second-order valence-electron chi connectivity index (χ2n) is 4.12. The molecule has 0 saturated carbocycles. The number of carboxylic acids is 1. The molecule has 2 heterocycles. The van der Waals surface area contributed by atoms with Crippen LogP contribution in [0.1, 0.15) is 10.5 Å². The Morgan fingerprint density at radius 1 is 1.42 bits per heavy atom.